The molecule has 28 heavy (non-hydrogen) atoms. The Morgan fingerprint density at radius 2 is 1.93 bits per heavy atom. The number of nitro benzene ring substituents is 1. The number of sulfonamides is 1. The predicted octanol–water partition coefficient (Wildman–Crippen LogP) is 2.05. The molecule has 2 rings (SSSR count). The average Bonchev–Trinajstić information content (AvgIpc) is 2.62. The summed E-state index contributed by atoms with van der Waals surface area (Å²) in [5.41, 5.74) is -0.204. The second kappa shape index (κ2) is 8.67. The maximum atomic E-state index is 12.4. The van der Waals surface area contributed by atoms with Gasteiger partial charge < -0.3 is 14.8 Å². The molecule has 150 valence electrons. The van der Waals surface area contributed by atoms with Crippen molar-refractivity contribution in [2.45, 2.75) is 24.8 Å². The van der Waals surface area contributed by atoms with E-state index in [1.807, 2.05) is 0 Å². The predicted molar refractivity (Wildman–Crippen MR) is 101 cm³/mol. The number of carbonyl (C=O) groups is 1. The van der Waals surface area contributed by atoms with Crippen LogP contribution in [-0.2, 0) is 14.8 Å². The van der Waals surface area contributed by atoms with Crippen molar-refractivity contribution in [2.24, 2.45) is 5.14 Å². The molecule has 0 aliphatic carbocycles. The molecule has 1 atom stereocenters. The number of primary sulfonamides is 1. The molecule has 0 heterocycles. The fourth-order valence-electron chi connectivity index (χ4n) is 2.25. The Balaban J connectivity index is 2.21. The number of benzene rings is 2. The number of nitrogens with one attached hydrogen (secondary N) is 1. The summed E-state index contributed by atoms with van der Waals surface area (Å²) in [5, 5.41) is 18.8. The average molecular weight is 409 g/mol. The second-order valence-electron chi connectivity index (χ2n) is 5.61. The van der Waals surface area contributed by atoms with E-state index in [9.17, 15) is 23.3 Å². The van der Waals surface area contributed by atoms with E-state index in [1.54, 1.807) is 31.2 Å². The van der Waals surface area contributed by atoms with Crippen LogP contribution in [0.15, 0.2) is 47.4 Å². The summed E-state index contributed by atoms with van der Waals surface area (Å²) in [4.78, 5) is 22.4. The maximum Gasteiger partial charge on any atom is 0.312 e. The lowest BCUT2D eigenvalue weighted by molar-refractivity contribution is -0.386. The first-order valence-electron chi connectivity index (χ1n) is 8.14. The van der Waals surface area contributed by atoms with Gasteiger partial charge in [-0.15, -0.1) is 0 Å². The molecule has 0 aliphatic rings. The molecule has 0 fully saturated rings. The van der Waals surface area contributed by atoms with Gasteiger partial charge in [0, 0.05) is 6.07 Å². The van der Waals surface area contributed by atoms with Crippen LogP contribution in [-0.4, -0.2) is 32.0 Å². The minimum absolute atomic E-state index is 0.266. The van der Waals surface area contributed by atoms with Gasteiger partial charge in [0.05, 0.1) is 22.1 Å². The molecule has 0 spiro atoms. The standard InChI is InChI=1S/C17H19N3O7S/c1-3-26-15-7-5-4-6-13(15)19-17(21)11(2)27-16-9-8-12(28(18,24)25)10-14(16)20(22)23/h4-11H,3H2,1-2H3,(H,19,21)(H2,18,24,25)/t11-/m1/s1. The number of nitrogens with zero attached hydrogens (tertiary/aromatic N) is 1. The fourth-order valence-corrected chi connectivity index (χ4v) is 2.78. The molecule has 0 bridgehead atoms. The SMILES string of the molecule is CCOc1ccccc1NC(=O)[C@@H](C)Oc1ccc(S(N)(=O)=O)cc1[N+](=O)[O-]. The smallest absolute Gasteiger partial charge is 0.312 e. The van der Waals surface area contributed by atoms with Crippen molar-refractivity contribution < 1.29 is 27.6 Å². The molecule has 0 unspecified atom stereocenters. The molecule has 0 radical (unpaired) electrons. The number of hydrogen-bond acceptors (Lipinski definition) is 7. The molecule has 1 amide bonds. The van der Waals surface area contributed by atoms with Crippen molar-refractivity contribution in [3.05, 3.63) is 52.6 Å². The highest BCUT2D eigenvalue weighted by atomic mass is 32.2. The topological polar surface area (TPSA) is 151 Å². The highest BCUT2D eigenvalue weighted by Crippen LogP contribution is 2.30. The molecule has 0 saturated heterocycles. The van der Waals surface area contributed by atoms with Crippen molar-refractivity contribution >= 4 is 27.3 Å². The van der Waals surface area contributed by atoms with Crippen molar-refractivity contribution in [1.29, 1.82) is 0 Å². The van der Waals surface area contributed by atoms with Crippen LogP contribution in [0.2, 0.25) is 0 Å². The second-order valence-corrected chi connectivity index (χ2v) is 7.17. The Kier molecular flexibility index (Phi) is 6.54. The van der Waals surface area contributed by atoms with E-state index in [1.165, 1.54) is 6.92 Å². The molecule has 0 aromatic heterocycles. The maximum absolute atomic E-state index is 12.4. The van der Waals surface area contributed by atoms with Gasteiger partial charge >= 0.3 is 5.69 Å². The number of hydrogen-bond donors (Lipinski definition) is 2. The molecule has 2 aromatic carbocycles. The zero-order valence-electron chi connectivity index (χ0n) is 15.1. The van der Waals surface area contributed by atoms with Crippen LogP contribution in [0.25, 0.3) is 0 Å². The third-order valence-corrected chi connectivity index (χ3v) is 4.48. The van der Waals surface area contributed by atoms with Crippen LogP contribution in [0.3, 0.4) is 0 Å². The van der Waals surface area contributed by atoms with E-state index in [-0.39, 0.29) is 5.75 Å². The summed E-state index contributed by atoms with van der Waals surface area (Å²) in [6, 6.07) is 9.69. The van der Waals surface area contributed by atoms with E-state index >= 15 is 0 Å². The van der Waals surface area contributed by atoms with Crippen LogP contribution in [0.5, 0.6) is 11.5 Å². The lowest BCUT2D eigenvalue weighted by Crippen LogP contribution is -2.30. The van der Waals surface area contributed by atoms with Gasteiger partial charge in [-0.1, -0.05) is 12.1 Å². The van der Waals surface area contributed by atoms with E-state index in [0.29, 0.717) is 18.0 Å². The van der Waals surface area contributed by atoms with Gasteiger partial charge in [-0.2, -0.15) is 0 Å². The van der Waals surface area contributed by atoms with Gasteiger partial charge in [0.15, 0.2) is 11.9 Å². The Labute approximate surface area is 161 Å². The highest BCUT2D eigenvalue weighted by Gasteiger charge is 2.24. The molecular weight excluding hydrogens is 390 g/mol. The minimum atomic E-state index is -4.12. The molecule has 0 saturated carbocycles. The molecule has 0 aliphatic heterocycles. The first-order valence-corrected chi connectivity index (χ1v) is 9.68. The van der Waals surface area contributed by atoms with Crippen LogP contribution < -0.4 is 19.9 Å². The number of nitro groups is 1. The van der Waals surface area contributed by atoms with Crippen molar-refractivity contribution in [3.8, 4) is 11.5 Å². The summed E-state index contributed by atoms with van der Waals surface area (Å²) in [5.74, 6) is -0.371. The largest absolute Gasteiger partial charge is 0.492 e. The van der Waals surface area contributed by atoms with Crippen molar-refractivity contribution in [3.63, 3.8) is 0 Å². The van der Waals surface area contributed by atoms with Crippen molar-refractivity contribution in [1.82, 2.24) is 0 Å². The third-order valence-electron chi connectivity index (χ3n) is 3.57. The van der Waals surface area contributed by atoms with Crippen LogP contribution in [0, 0.1) is 10.1 Å². The van der Waals surface area contributed by atoms with Gasteiger partial charge in [0.2, 0.25) is 10.0 Å². The summed E-state index contributed by atoms with van der Waals surface area (Å²) < 4.78 is 33.5. The van der Waals surface area contributed by atoms with Gasteiger partial charge in [0.1, 0.15) is 5.75 Å². The molecule has 11 heteroatoms. The number of nitrogens with two attached hydrogens (primary N) is 1. The van der Waals surface area contributed by atoms with E-state index in [0.717, 1.165) is 18.2 Å². The highest BCUT2D eigenvalue weighted by molar-refractivity contribution is 7.89. The number of rotatable bonds is 8. The first-order chi connectivity index (χ1) is 13.1. The summed E-state index contributed by atoms with van der Waals surface area (Å²) in [6.07, 6.45) is -1.12. The summed E-state index contributed by atoms with van der Waals surface area (Å²) >= 11 is 0. The monoisotopic (exact) mass is 409 g/mol. The van der Waals surface area contributed by atoms with Gasteiger partial charge in [-0.05, 0) is 38.1 Å². The van der Waals surface area contributed by atoms with Crippen LogP contribution in [0.1, 0.15) is 13.8 Å². The fraction of sp³-hybridized carbons (Fsp3) is 0.235. The molecule has 2 aromatic rings. The number of carbonyl (C=O) groups excluding carboxylic acids is 1. The number of anilines is 1. The number of para-hydroxylation sites is 2. The lowest BCUT2D eigenvalue weighted by Gasteiger charge is -2.16. The Hall–Kier alpha value is -3.18. The van der Waals surface area contributed by atoms with E-state index in [4.69, 9.17) is 14.6 Å². The molecular formula is C17H19N3O7S. The van der Waals surface area contributed by atoms with Gasteiger partial charge in [-0.3, -0.25) is 14.9 Å². The normalized spacial score (nSPS) is 12.1. The zero-order valence-corrected chi connectivity index (χ0v) is 15.9. The lowest BCUT2D eigenvalue weighted by atomic mass is 10.2. The number of ether oxygens (including phenoxy) is 2. The van der Waals surface area contributed by atoms with Crippen LogP contribution >= 0.6 is 0 Å². The Morgan fingerprint density at radius 3 is 2.54 bits per heavy atom. The molecule has 3 N–H and O–H groups in total. The summed E-state index contributed by atoms with van der Waals surface area (Å²) in [6.45, 7) is 3.60. The van der Waals surface area contributed by atoms with Crippen LogP contribution in [0.4, 0.5) is 11.4 Å². The van der Waals surface area contributed by atoms with Gasteiger partial charge in [-0.25, -0.2) is 13.6 Å². The Morgan fingerprint density at radius 1 is 1.25 bits per heavy atom. The van der Waals surface area contributed by atoms with E-state index < -0.39 is 37.5 Å². The van der Waals surface area contributed by atoms with Crippen molar-refractivity contribution in [2.75, 3.05) is 11.9 Å². The molecule has 10 nitrogen and oxygen atoms in total. The van der Waals surface area contributed by atoms with E-state index in [2.05, 4.69) is 5.32 Å². The quantitative estimate of drug-likeness (QED) is 0.500. The number of amides is 1. The minimum Gasteiger partial charge on any atom is -0.492 e. The first kappa shape index (κ1) is 21.1. The summed E-state index contributed by atoms with van der Waals surface area (Å²) in [7, 11) is -4.12. The van der Waals surface area contributed by atoms with Gasteiger partial charge in [0.25, 0.3) is 5.91 Å². The third kappa shape index (κ3) is 5.18. The Bertz CT molecular complexity index is 992. The zero-order chi connectivity index (χ0) is 20.9.